The van der Waals surface area contributed by atoms with Crippen molar-refractivity contribution in [3.8, 4) is 0 Å². The van der Waals surface area contributed by atoms with E-state index < -0.39 is 0 Å². The number of hydrogen-bond acceptors (Lipinski definition) is 2. The fourth-order valence-electron chi connectivity index (χ4n) is 1.32. The van der Waals surface area contributed by atoms with E-state index in [-0.39, 0.29) is 6.04 Å². The van der Waals surface area contributed by atoms with Crippen molar-refractivity contribution in [1.29, 1.82) is 0 Å². The molecule has 0 heterocycles. The van der Waals surface area contributed by atoms with Crippen LogP contribution < -0.4 is 5.73 Å². The first-order valence-corrected chi connectivity index (χ1v) is 5.53. The number of methoxy groups -OCH3 is 1. The summed E-state index contributed by atoms with van der Waals surface area (Å²) in [5.41, 5.74) is 7.20. The van der Waals surface area contributed by atoms with E-state index in [4.69, 9.17) is 10.5 Å². The molecule has 2 nitrogen and oxygen atoms in total. The third kappa shape index (κ3) is 3.78. The number of benzene rings is 1. The SMILES string of the molecule is COCCC[C@H](N)c1ccc(Br)cc1. The van der Waals surface area contributed by atoms with Crippen LogP contribution in [0.5, 0.6) is 0 Å². The minimum absolute atomic E-state index is 0.123. The quantitative estimate of drug-likeness (QED) is 0.824. The first-order chi connectivity index (χ1) is 6.74. The Kier molecular flexibility index (Phi) is 5.15. The first-order valence-electron chi connectivity index (χ1n) is 4.74. The first kappa shape index (κ1) is 11.7. The normalized spacial score (nSPS) is 12.8. The van der Waals surface area contributed by atoms with Crippen molar-refractivity contribution in [2.24, 2.45) is 5.73 Å². The average Bonchev–Trinajstić information content (AvgIpc) is 2.19. The molecule has 0 saturated heterocycles. The molecule has 0 radical (unpaired) electrons. The van der Waals surface area contributed by atoms with Crippen molar-refractivity contribution in [2.75, 3.05) is 13.7 Å². The minimum Gasteiger partial charge on any atom is -0.385 e. The lowest BCUT2D eigenvalue weighted by Crippen LogP contribution is -2.10. The van der Waals surface area contributed by atoms with Gasteiger partial charge in [0.1, 0.15) is 0 Å². The van der Waals surface area contributed by atoms with Crippen molar-refractivity contribution < 1.29 is 4.74 Å². The molecule has 2 N–H and O–H groups in total. The maximum absolute atomic E-state index is 6.01. The third-order valence-electron chi connectivity index (χ3n) is 2.16. The second kappa shape index (κ2) is 6.17. The summed E-state index contributed by atoms with van der Waals surface area (Å²) in [6.07, 6.45) is 1.98. The molecular formula is C11H16BrNO. The number of halogens is 1. The van der Waals surface area contributed by atoms with Gasteiger partial charge >= 0.3 is 0 Å². The molecule has 0 aliphatic heterocycles. The van der Waals surface area contributed by atoms with Crippen LogP contribution in [-0.4, -0.2) is 13.7 Å². The van der Waals surface area contributed by atoms with Crippen LogP contribution in [0.2, 0.25) is 0 Å². The van der Waals surface area contributed by atoms with E-state index in [2.05, 4.69) is 28.1 Å². The van der Waals surface area contributed by atoms with Crippen LogP contribution in [0.25, 0.3) is 0 Å². The van der Waals surface area contributed by atoms with E-state index >= 15 is 0 Å². The van der Waals surface area contributed by atoms with Crippen LogP contribution in [0.3, 0.4) is 0 Å². The van der Waals surface area contributed by atoms with E-state index in [0.717, 1.165) is 23.9 Å². The largest absolute Gasteiger partial charge is 0.385 e. The maximum atomic E-state index is 6.01. The van der Waals surface area contributed by atoms with Crippen molar-refractivity contribution in [1.82, 2.24) is 0 Å². The van der Waals surface area contributed by atoms with E-state index in [9.17, 15) is 0 Å². The predicted molar refractivity (Wildman–Crippen MR) is 62.2 cm³/mol. The Balaban J connectivity index is 2.43. The molecule has 14 heavy (non-hydrogen) atoms. The van der Waals surface area contributed by atoms with Crippen LogP contribution in [-0.2, 0) is 4.74 Å². The lowest BCUT2D eigenvalue weighted by Gasteiger charge is -2.11. The van der Waals surface area contributed by atoms with Gasteiger partial charge in [-0.05, 0) is 30.5 Å². The highest BCUT2D eigenvalue weighted by Crippen LogP contribution is 2.18. The molecule has 0 unspecified atom stereocenters. The molecule has 0 aliphatic rings. The predicted octanol–water partition coefficient (Wildman–Crippen LogP) is 2.88. The lowest BCUT2D eigenvalue weighted by atomic mass is 10.0. The van der Waals surface area contributed by atoms with Gasteiger partial charge in [-0.25, -0.2) is 0 Å². The summed E-state index contributed by atoms with van der Waals surface area (Å²) in [6, 6.07) is 8.28. The number of nitrogens with two attached hydrogens (primary N) is 1. The summed E-state index contributed by atoms with van der Waals surface area (Å²) in [4.78, 5) is 0. The van der Waals surface area contributed by atoms with Gasteiger partial charge in [0.15, 0.2) is 0 Å². The van der Waals surface area contributed by atoms with Crippen LogP contribution in [0.4, 0.5) is 0 Å². The number of rotatable bonds is 5. The lowest BCUT2D eigenvalue weighted by molar-refractivity contribution is 0.190. The Morgan fingerprint density at radius 2 is 2.00 bits per heavy atom. The van der Waals surface area contributed by atoms with Crippen molar-refractivity contribution in [2.45, 2.75) is 18.9 Å². The smallest absolute Gasteiger partial charge is 0.0462 e. The molecule has 0 bridgehead atoms. The van der Waals surface area contributed by atoms with Gasteiger partial charge in [-0.15, -0.1) is 0 Å². The molecule has 78 valence electrons. The third-order valence-corrected chi connectivity index (χ3v) is 2.69. The van der Waals surface area contributed by atoms with Crippen LogP contribution in [0.1, 0.15) is 24.4 Å². The summed E-state index contributed by atoms with van der Waals surface area (Å²) in [7, 11) is 1.71. The second-order valence-corrected chi connectivity index (χ2v) is 4.21. The van der Waals surface area contributed by atoms with Gasteiger partial charge in [0.2, 0.25) is 0 Å². The molecule has 0 spiro atoms. The zero-order valence-corrected chi connectivity index (χ0v) is 9.96. The van der Waals surface area contributed by atoms with Gasteiger partial charge in [0.05, 0.1) is 0 Å². The number of ether oxygens (including phenoxy) is 1. The summed E-state index contributed by atoms with van der Waals surface area (Å²) in [6.45, 7) is 0.782. The molecule has 1 aromatic carbocycles. The summed E-state index contributed by atoms with van der Waals surface area (Å²) in [5, 5.41) is 0. The van der Waals surface area contributed by atoms with Gasteiger partial charge in [0.25, 0.3) is 0 Å². The van der Waals surface area contributed by atoms with Crippen molar-refractivity contribution in [3.63, 3.8) is 0 Å². The Bertz CT molecular complexity index is 260. The molecule has 1 rings (SSSR count). The molecule has 0 saturated carbocycles. The molecule has 0 aromatic heterocycles. The Hall–Kier alpha value is -0.380. The molecule has 1 aromatic rings. The van der Waals surface area contributed by atoms with Gasteiger partial charge in [0, 0.05) is 24.2 Å². The monoisotopic (exact) mass is 257 g/mol. The van der Waals surface area contributed by atoms with E-state index in [1.807, 2.05) is 12.1 Å². The Morgan fingerprint density at radius 1 is 1.36 bits per heavy atom. The standard InChI is InChI=1S/C11H16BrNO/c1-14-8-2-3-11(13)9-4-6-10(12)7-5-9/h4-7,11H,2-3,8,13H2,1H3/t11-/m0/s1. The van der Waals surface area contributed by atoms with Gasteiger partial charge < -0.3 is 10.5 Å². The average molecular weight is 258 g/mol. The molecule has 1 atom stereocenters. The molecule has 0 amide bonds. The van der Waals surface area contributed by atoms with Crippen LogP contribution in [0.15, 0.2) is 28.7 Å². The van der Waals surface area contributed by atoms with Crippen LogP contribution >= 0.6 is 15.9 Å². The number of hydrogen-bond donors (Lipinski definition) is 1. The molecule has 3 heteroatoms. The highest BCUT2D eigenvalue weighted by Gasteiger charge is 2.04. The topological polar surface area (TPSA) is 35.2 Å². The van der Waals surface area contributed by atoms with Gasteiger partial charge in [-0.3, -0.25) is 0 Å². The van der Waals surface area contributed by atoms with Crippen LogP contribution in [0, 0.1) is 0 Å². The fourth-order valence-corrected chi connectivity index (χ4v) is 1.59. The molecule has 0 fully saturated rings. The zero-order valence-electron chi connectivity index (χ0n) is 8.37. The molecular weight excluding hydrogens is 242 g/mol. The van der Waals surface area contributed by atoms with E-state index in [1.165, 1.54) is 5.56 Å². The van der Waals surface area contributed by atoms with Gasteiger partial charge in [-0.2, -0.15) is 0 Å². The molecule has 0 aliphatic carbocycles. The summed E-state index contributed by atoms with van der Waals surface area (Å²) < 4.78 is 6.07. The minimum atomic E-state index is 0.123. The highest BCUT2D eigenvalue weighted by molar-refractivity contribution is 9.10. The fraction of sp³-hybridized carbons (Fsp3) is 0.455. The Morgan fingerprint density at radius 3 is 2.57 bits per heavy atom. The van der Waals surface area contributed by atoms with Crippen molar-refractivity contribution in [3.05, 3.63) is 34.3 Å². The Labute approximate surface area is 93.6 Å². The zero-order chi connectivity index (χ0) is 10.4. The summed E-state index contributed by atoms with van der Waals surface area (Å²) >= 11 is 3.40. The highest BCUT2D eigenvalue weighted by atomic mass is 79.9. The van der Waals surface area contributed by atoms with Gasteiger partial charge in [-0.1, -0.05) is 28.1 Å². The van der Waals surface area contributed by atoms with E-state index in [1.54, 1.807) is 7.11 Å². The summed E-state index contributed by atoms with van der Waals surface area (Å²) in [5.74, 6) is 0. The maximum Gasteiger partial charge on any atom is 0.0462 e. The van der Waals surface area contributed by atoms with Crippen molar-refractivity contribution >= 4 is 15.9 Å². The second-order valence-electron chi connectivity index (χ2n) is 3.29. The van der Waals surface area contributed by atoms with E-state index in [0.29, 0.717) is 0 Å².